The third kappa shape index (κ3) is 5.75. The summed E-state index contributed by atoms with van der Waals surface area (Å²) in [6.45, 7) is 2.54. The zero-order valence-corrected chi connectivity index (χ0v) is 18.7. The number of sulfonamides is 1. The Balaban J connectivity index is 1.86. The first-order chi connectivity index (χ1) is 15.0. The van der Waals surface area contributed by atoms with Gasteiger partial charge in [-0.3, -0.25) is 4.79 Å². The predicted octanol–water partition coefficient (Wildman–Crippen LogP) is 1.37. The molecular weight excluding hydrogens is 418 g/mol. The molecule has 1 aliphatic heterocycles. The minimum absolute atomic E-state index is 0.0614. The van der Waals surface area contributed by atoms with Crippen LogP contribution in [0.25, 0.3) is 0 Å². The van der Waals surface area contributed by atoms with Gasteiger partial charge in [-0.15, -0.1) is 0 Å². The Hall–Kier alpha value is -2.62. The summed E-state index contributed by atoms with van der Waals surface area (Å²) in [7, 11) is -0.984. The molecule has 1 aliphatic rings. The third-order valence-corrected chi connectivity index (χ3v) is 7.11. The van der Waals surface area contributed by atoms with Crippen molar-refractivity contribution in [3.63, 3.8) is 0 Å². The number of ether oxygens (including phenoxy) is 2. The highest BCUT2D eigenvalue weighted by molar-refractivity contribution is 7.89. The Kier molecular flexibility index (Phi) is 7.89. The van der Waals surface area contributed by atoms with Crippen molar-refractivity contribution >= 4 is 15.9 Å². The van der Waals surface area contributed by atoms with Crippen LogP contribution in [0.3, 0.4) is 0 Å². The summed E-state index contributed by atoms with van der Waals surface area (Å²) < 4.78 is 38.7. The lowest BCUT2D eigenvalue weighted by Gasteiger charge is -2.30. The first-order valence-electron chi connectivity index (χ1n) is 10.2. The normalized spacial score (nSPS) is 14.5. The number of nitrogens with zero attached hydrogens (tertiary/aromatic N) is 2. The van der Waals surface area contributed by atoms with Crippen molar-refractivity contribution in [3.05, 3.63) is 54.1 Å². The summed E-state index contributed by atoms with van der Waals surface area (Å²) in [6.07, 6.45) is 0.502. The molecule has 1 saturated heterocycles. The van der Waals surface area contributed by atoms with Gasteiger partial charge in [-0.05, 0) is 24.1 Å². The number of piperazine rings is 1. The van der Waals surface area contributed by atoms with Crippen LogP contribution in [0.4, 0.5) is 0 Å². The van der Waals surface area contributed by atoms with E-state index in [2.05, 4.69) is 5.32 Å². The molecule has 0 spiro atoms. The first kappa shape index (κ1) is 23.1. The van der Waals surface area contributed by atoms with Gasteiger partial charge in [0.15, 0.2) is 11.5 Å². The molecule has 0 unspecified atom stereocenters. The summed E-state index contributed by atoms with van der Waals surface area (Å²) in [5.41, 5.74) is 1.00. The highest BCUT2D eigenvalue weighted by Crippen LogP contribution is 2.30. The average Bonchev–Trinajstić information content (AvgIpc) is 2.82. The van der Waals surface area contributed by atoms with Gasteiger partial charge in [-0.1, -0.05) is 30.3 Å². The lowest BCUT2D eigenvalue weighted by molar-refractivity contribution is -0.131. The van der Waals surface area contributed by atoms with Gasteiger partial charge in [0.2, 0.25) is 15.9 Å². The average molecular weight is 448 g/mol. The Morgan fingerprint density at radius 3 is 2.35 bits per heavy atom. The van der Waals surface area contributed by atoms with Gasteiger partial charge in [-0.25, -0.2) is 8.42 Å². The molecule has 9 heteroatoms. The molecular formula is C22H29N3O5S. The summed E-state index contributed by atoms with van der Waals surface area (Å²) in [4.78, 5) is 14.6. The molecule has 3 rings (SSSR count). The number of amides is 1. The molecule has 1 N–H and O–H groups in total. The van der Waals surface area contributed by atoms with Crippen molar-refractivity contribution in [2.75, 3.05) is 53.5 Å². The van der Waals surface area contributed by atoms with E-state index in [-0.39, 0.29) is 23.9 Å². The van der Waals surface area contributed by atoms with Crippen LogP contribution in [0.1, 0.15) is 5.56 Å². The largest absolute Gasteiger partial charge is 0.493 e. The molecule has 0 bridgehead atoms. The van der Waals surface area contributed by atoms with Crippen molar-refractivity contribution < 1.29 is 22.7 Å². The van der Waals surface area contributed by atoms with Crippen molar-refractivity contribution in [2.24, 2.45) is 0 Å². The van der Waals surface area contributed by atoms with Crippen LogP contribution in [-0.2, 0) is 21.2 Å². The monoisotopic (exact) mass is 447 g/mol. The highest BCUT2D eigenvalue weighted by atomic mass is 32.2. The fraction of sp³-hybridized carbons (Fsp3) is 0.409. The van der Waals surface area contributed by atoms with Crippen LogP contribution < -0.4 is 14.8 Å². The van der Waals surface area contributed by atoms with Crippen molar-refractivity contribution in [3.8, 4) is 11.5 Å². The quantitative estimate of drug-likeness (QED) is 0.625. The Morgan fingerprint density at radius 1 is 1.03 bits per heavy atom. The van der Waals surface area contributed by atoms with E-state index in [1.165, 1.54) is 30.7 Å². The number of carbonyl (C=O) groups excluding carboxylic acids is 1. The van der Waals surface area contributed by atoms with Gasteiger partial charge in [-0.2, -0.15) is 4.31 Å². The summed E-state index contributed by atoms with van der Waals surface area (Å²) >= 11 is 0. The van der Waals surface area contributed by atoms with E-state index in [0.29, 0.717) is 44.1 Å². The van der Waals surface area contributed by atoms with E-state index >= 15 is 0 Å². The molecule has 31 heavy (non-hydrogen) atoms. The van der Waals surface area contributed by atoms with Gasteiger partial charge >= 0.3 is 0 Å². The molecule has 168 valence electrons. The summed E-state index contributed by atoms with van der Waals surface area (Å²) in [5, 5.41) is 3.20. The number of carbonyl (C=O) groups is 1. The maximum Gasteiger partial charge on any atom is 0.243 e. The molecule has 2 aromatic rings. The van der Waals surface area contributed by atoms with Crippen LogP contribution in [0.15, 0.2) is 53.4 Å². The maximum atomic E-state index is 13.5. The van der Waals surface area contributed by atoms with Crippen molar-refractivity contribution in [1.82, 2.24) is 14.5 Å². The van der Waals surface area contributed by atoms with Gasteiger partial charge in [0, 0.05) is 38.8 Å². The lowest BCUT2D eigenvalue weighted by atomic mass is 10.1. The molecule has 0 aromatic heterocycles. The van der Waals surface area contributed by atoms with Crippen LogP contribution in [0, 0.1) is 0 Å². The van der Waals surface area contributed by atoms with E-state index in [4.69, 9.17) is 9.47 Å². The first-order valence-corrected chi connectivity index (χ1v) is 11.6. The topological polar surface area (TPSA) is 88.2 Å². The van der Waals surface area contributed by atoms with E-state index < -0.39 is 10.0 Å². The SMILES string of the molecule is COc1ccc(S(=O)(=O)N(CCc2ccccc2)CC(=O)N2CCNCC2)cc1OC. The number of hydrogen-bond donors (Lipinski definition) is 1. The summed E-state index contributed by atoms with van der Waals surface area (Å²) in [6, 6.07) is 14.1. The van der Waals surface area contributed by atoms with E-state index in [1.54, 1.807) is 11.0 Å². The predicted molar refractivity (Wildman–Crippen MR) is 118 cm³/mol. The minimum atomic E-state index is -3.93. The molecule has 1 heterocycles. The molecule has 0 atom stereocenters. The highest BCUT2D eigenvalue weighted by Gasteiger charge is 2.29. The molecule has 2 aromatic carbocycles. The van der Waals surface area contributed by atoms with E-state index in [9.17, 15) is 13.2 Å². The second-order valence-corrected chi connectivity index (χ2v) is 9.16. The molecule has 1 amide bonds. The molecule has 1 fully saturated rings. The Morgan fingerprint density at radius 2 is 1.71 bits per heavy atom. The number of methoxy groups -OCH3 is 2. The maximum absolute atomic E-state index is 13.5. The van der Waals surface area contributed by atoms with Crippen LogP contribution in [0.2, 0.25) is 0 Å². The third-order valence-electron chi connectivity index (χ3n) is 5.27. The van der Waals surface area contributed by atoms with Crippen LogP contribution >= 0.6 is 0 Å². The second kappa shape index (κ2) is 10.6. The number of rotatable bonds is 9. The molecule has 0 aliphatic carbocycles. The lowest BCUT2D eigenvalue weighted by Crippen LogP contribution is -2.50. The van der Waals surface area contributed by atoms with Crippen LogP contribution in [0.5, 0.6) is 11.5 Å². The number of benzene rings is 2. The summed E-state index contributed by atoms with van der Waals surface area (Å²) in [5.74, 6) is 0.563. The van der Waals surface area contributed by atoms with Crippen LogP contribution in [-0.4, -0.2) is 77.0 Å². The van der Waals surface area contributed by atoms with Gasteiger partial charge in [0.05, 0.1) is 25.7 Å². The zero-order valence-electron chi connectivity index (χ0n) is 17.9. The van der Waals surface area contributed by atoms with Gasteiger partial charge in [0.25, 0.3) is 0 Å². The van der Waals surface area contributed by atoms with Gasteiger partial charge < -0.3 is 19.7 Å². The standard InChI is InChI=1S/C22H29N3O5S/c1-29-20-9-8-19(16-21(20)30-2)31(27,28)25(13-10-18-6-4-3-5-7-18)17-22(26)24-14-11-23-12-15-24/h3-9,16,23H,10-15,17H2,1-2H3. The smallest absolute Gasteiger partial charge is 0.243 e. The van der Waals surface area contributed by atoms with Gasteiger partial charge in [0.1, 0.15) is 0 Å². The molecule has 8 nitrogen and oxygen atoms in total. The fourth-order valence-corrected chi connectivity index (χ4v) is 4.88. The molecule has 0 saturated carbocycles. The minimum Gasteiger partial charge on any atom is -0.493 e. The number of nitrogens with one attached hydrogen (secondary N) is 1. The van der Waals surface area contributed by atoms with Crippen molar-refractivity contribution in [2.45, 2.75) is 11.3 Å². The Labute approximate surface area is 183 Å². The fourth-order valence-electron chi connectivity index (χ4n) is 3.47. The Bertz CT molecular complexity index is 976. The van der Waals surface area contributed by atoms with E-state index in [1.807, 2.05) is 30.3 Å². The van der Waals surface area contributed by atoms with Crippen molar-refractivity contribution in [1.29, 1.82) is 0 Å². The zero-order chi connectivity index (χ0) is 22.3. The molecule has 0 radical (unpaired) electrons. The second-order valence-electron chi connectivity index (χ2n) is 7.22. The van der Waals surface area contributed by atoms with E-state index in [0.717, 1.165) is 5.56 Å². The number of hydrogen-bond acceptors (Lipinski definition) is 6.